The summed E-state index contributed by atoms with van der Waals surface area (Å²) in [4.78, 5) is 35.4. The van der Waals surface area contributed by atoms with Gasteiger partial charge in [0, 0.05) is 0 Å². The van der Waals surface area contributed by atoms with Gasteiger partial charge in [-0.2, -0.15) is 0 Å². The first-order valence-corrected chi connectivity index (χ1v) is 8.44. The molecule has 0 unspecified atom stereocenters. The van der Waals surface area contributed by atoms with Crippen LogP contribution in [0.5, 0.6) is 5.75 Å². The lowest BCUT2D eigenvalue weighted by atomic mass is 9.72. The van der Waals surface area contributed by atoms with Gasteiger partial charge in [0.25, 0.3) is 0 Å². The Hall–Kier alpha value is -2.59. The van der Waals surface area contributed by atoms with Crippen LogP contribution in [-0.4, -0.2) is 49.3 Å². The van der Waals surface area contributed by atoms with E-state index in [1.165, 1.54) is 6.07 Å². The molecule has 4 N–H and O–H groups in total. The molecule has 0 radical (unpaired) electrons. The highest BCUT2D eigenvalue weighted by atomic mass is 16.7. The van der Waals surface area contributed by atoms with Crippen molar-refractivity contribution in [2.45, 2.75) is 33.1 Å². The number of nitrogens with one attached hydrogen (secondary N) is 1. The molecule has 1 aliphatic rings. The Balaban J connectivity index is 2.06. The zero-order valence-electron chi connectivity index (χ0n) is 15.5. The molecular weight excluding hydrogens is 355 g/mol. The monoisotopic (exact) mass is 378 g/mol. The topological polar surface area (TPSA) is 137 Å². The lowest BCUT2D eigenvalue weighted by Crippen LogP contribution is -2.54. The van der Waals surface area contributed by atoms with Crippen LogP contribution in [-0.2, 0) is 25.5 Å². The Bertz CT molecular complexity index is 732. The number of para-hydroxylation sites is 1. The molecule has 0 aliphatic carbocycles. The van der Waals surface area contributed by atoms with Crippen molar-refractivity contribution in [3.05, 3.63) is 29.3 Å². The Labute approximate surface area is 157 Å². The molecule has 10 heteroatoms. The summed E-state index contributed by atoms with van der Waals surface area (Å²) < 4.78 is 15.3. The van der Waals surface area contributed by atoms with Gasteiger partial charge < -0.3 is 30.2 Å². The number of nitrogens with two attached hydrogens (primary N) is 1. The summed E-state index contributed by atoms with van der Waals surface area (Å²) in [6, 6.07) is 4.80. The summed E-state index contributed by atoms with van der Waals surface area (Å²) in [7, 11) is -1.35. The van der Waals surface area contributed by atoms with E-state index in [-0.39, 0.29) is 24.3 Å². The van der Waals surface area contributed by atoms with E-state index < -0.39 is 43.1 Å². The molecular formula is C17H23BN2O7. The standard InChI is InChI=1S/C17H23BN2O7/c1-17(2,3)16(23)26-9-25-15(22)11-6-4-5-10-7-12(20-13(21)8-19)18(24)27-14(10)11/h4-6,12,24H,7-9,19H2,1-3H3,(H,20,21)/t12-/m0/s1. The number of carbonyl (C=O) groups excluding carboxylic acids is 3. The molecule has 146 valence electrons. The van der Waals surface area contributed by atoms with Gasteiger partial charge in [0.1, 0.15) is 11.3 Å². The zero-order chi connectivity index (χ0) is 20.2. The highest BCUT2D eigenvalue weighted by Crippen LogP contribution is 2.30. The fraction of sp³-hybridized carbons (Fsp3) is 0.471. The second-order valence-electron chi connectivity index (χ2n) is 7.12. The van der Waals surface area contributed by atoms with E-state index in [4.69, 9.17) is 19.9 Å². The molecule has 0 saturated heterocycles. The van der Waals surface area contributed by atoms with Crippen LogP contribution in [0.25, 0.3) is 0 Å². The summed E-state index contributed by atoms with van der Waals surface area (Å²) in [5.74, 6) is -2.22. The van der Waals surface area contributed by atoms with E-state index in [2.05, 4.69) is 5.32 Å². The molecule has 1 aromatic carbocycles. The normalized spacial score (nSPS) is 16.0. The third-order valence-electron chi connectivity index (χ3n) is 3.86. The smallest absolute Gasteiger partial charge is 0.534 e. The first kappa shape index (κ1) is 20.7. The largest absolute Gasteiger partial charge is 0.547 e. The van der Waals surface area contributed by atoms with Crippen molar-refractivity contribution < 1.29 is 33.5 Å². The van der Waals surface area contributed by atoms with E-state index in [1.807, 2.05) is 0 Å². The van der Waals surface area contributed by atoms with Gasteiger partial charge in [0.15, 0.2) is 0 Å². The minimum atomic E-state index is -1.35. The summed E-state index contributed by atoms with van der Waals surface area (Å²) >= 11 is 0. The van der Waals surface area contributed by atoms with Crippen molar-refractivity contribution in [3.63, 3.8) is 0 Å². The van der Waals surface area contributed by atoms with Gasteiger partial charge in [-0.3, -0.25) is 9.59 Å². The zero-order valence-corrected chi connectivity index (χ0v) is 15.5. The Kier molecular flexibility index (Phi) is 6.45. The van der Waals surface area contributed by atoms with Crippen LogP contribution >= 0.6 is 0 Å². The second kappa shape index (κ2) is 8.40. The Morgan fingerprint density at radius 1 is 1.33 bits per heavy atom. The third-order valence-corrected chi connectivity index (χ3v) is 3.86. The maximum atomic E-state index is 12.3. The molecule has 1 aliphatic heterocycles. The fourth-order valence-corrected chi connectivity index (χ4v) is 2.40. The number of esters is 2. The number of carbonyl (C=O) groups is 3. The summed E-state index contributed by atoms with van der Waals surface area (Å²) in [5.41, 5.74) is 5.24. The van der Waals surface area contributed by atoms with Crippen LogP contribution in [0.2, 0.25) is 0 Å². The molecule has 9 nitrogen and oxygen atoms in total. The van der Waals surface area contributed by atoms with Gasteiger partial charge in [-0.15, -0.1) is 0 Å². The third kappa shape index (κ3) is 5.21. The Morgan fingerprint density at radius 3 is 2.67 bits per heavy atom. The molecule has 1 amide bonds. The highest BCUT2D eigenvalue weighted by Gasteiger charge is 2.37. The fourth-order valence-electron chi connectivity index (χ4n) is 2.40. The van der Waals surface area contributed by atoms with Crippen molar-refractivity contribution in [1.29, 1.82) is 0 Å². The van der Waals surface area contributed by atoms with Crippen LogP contribution in [0.3, 0.4) is 0 Å². The summed E-state index contributed by atoms with van der Waals surface area (Å²) in [5, 5.41) is 12.7. The number of hydrogen-bond acceptors (Lipinski definition) is 8. The SMILES string of the molecule is CC(C)(C)C(=O)OCOC(=O)c1cccc2c1OB(O)[C@@H](NC(=O)CN)C2. The highest BCUT2D eigenvalue weighted by molar-refractivity contribution is 6.47. The van der Waals surface area contributed by atoms with E-state index in [0.29, 0.717) is 5.56 Å². The van der Waals surface area contributed by atoms with Crippen LogP contribution in [0.1, 0.15) is 36.7 Å². The predicted octanol–water partition coefficient (Wildman–Crippen LogP) is -0.212. The molecule has 2 rings (SSSR count). The van der Waals surface area contributed by atoms with Crippen LogP contribution in [0.4, 0.5) is 0 Å². The van der Waals surface area contributed by atoms with Crippen molar-refractivity contribution in [2.24, 2.45) is 11.1 Å². The van der Waals surface area contributed by atoms with Crippen LogP contribution < -0.4 is 15.7 Å². The first-order chi connectivity index (χ1) is 12.6. The van der Waals surface area contributed by atoms with Gasteiger partial charge >= 0.3 is 19.1 Å². The maximum Gasteiger partial charge on any atom is 0.547 e. The van der Waals surface area contributed by atoms with E-state index in [1.54, 1.807) is 32.9 Å². The number of ether oxygens (including phenoxy) is 2. The van der Waals surface area contributed by atoms with Gasteiger partial charge in [-0.25, -0.2) is 4.79 Å². The van der Waals surface area contributed by atoms with Crippen molar-refractivity contribution in [3.8, 4) is 5.75 Å². The molecule has 1 atom stereocenters. The minimum absolute atomic E-state index is 0.0851. The lowest BCUT2D eigenvalue weighted by molar-refractivity contribution is -0.161. The Morgan fingerprint density at radius 2 is 2.04 bits per heavy atom. The maximum absolute atomic E-state index is 12.3. The van der Waals surface area contributed by atoms with Crippen molar-refractivity contribution >= 4 is 25.0 Å². The summed E-state index contributed by atoms with van der Waals surface area (Å²) in [6.45, 7) is 4.30. The number of hydrogen-bond donors (Lipinski definition) is 3. The van der Waals surface area contributed by atoms with E-state index in [0.717, 1.165) is 0 Å². The molecule has 1 aromatic rings. The van der Waals surface area contributed by atoms with Crippen molar-refractivity contribution in [1.82, 2.24) is 5.32 Å². The molecule has 0 bridgehead atoms. The lowest BCUT2D eigenvalue weighted by Gasteiger charge is -2.29. The number of fused-ring (bicyclic) bond motifs is 1. The minimum Gasteiger partial charge on any atom is -0.534 e. The molecule has 0 saturated carbocycles. The van der Waals surface area contributed by atoms with Gasteiger partial charge in [0.2, 0.25) is 12.7 Å². The van der Waals surface area contributed by atoms with Gasteiger partial charge in [-0.1, -0.05) is 12.1 Å². The van der Waals surface area contributed by atoms with Gasteiger partial charge in [0.05, 0.1) is 17.9 Å². The van der Waals surface area contributed by atoms with Gasteiger partial charge in [-0.05, 0) is 38.8 Å². The predicted molar refractivity (Wildman–Crippen MR) is 95.6 cm³/mol. The average molecular weight is 378 g/mol. The molecule has 0 fully saturated rings. The van der Waals surface area contributed by atoms with E-state index >= 15 is 0 Å². The number of rotatable bonds is 5. The second-order valence-corrected chi connectivity index (χ2v) is 7.12. The average Bonchev–Trinajstić information content (AvgIpc) is 2.60. The molecule has 27 heavy (non-hydrogen) atoms. The molecule has 1 heterocycles. The summed E-state index contributed by atoms with van der Waals surface area (Å²) in [6.07, 6.45) is 0.252. The van der Waals surface area contributed by atoms with Crippen LogP contribution in [0, 0.1) is 5.41 Å². The molecule has 0 aromatic heterocycles. The first-order valence-electron chi connectivity index (χ1n) is 8.44. The van der Waals surface area contributed by atoms with Crippen molar-refractivity contribution in [2.75, 3.05) is 13.3 Å². The molecule has 0 spiro atoms. The number of amides is 1. The quantitative estimate of drug-likeness (QED) is 0.364. The number of benzene rings is 1. The van der Waals surface area contributed by atoms with Crippen LogP contribution in [0.15, 0.2) is 18.2 Å². The van der Waals surface area contributed by atoms with E-state index in [9.17, 15) is 19.4 Å².